The van der Waals surface area contributed by atoms with E-state index in [-0.39, 0.29) is 0 Å². The smallest absolute Gasteiger partial charge is 0.0621 e. The maximum absolute atomic E-state index is 5.70. The lowest BCUT2D eigenvalue weighted by molar-refractivity contribution is -0.000280. The fourth-order valence-corrected chi connectivity index (χ4v) is 2.56. The molecule has 0 aromatic rings. The van der Waals surface area contributed by atoms with Crippen LogP contribution in [0.1, 0.15) is 39.5 Å². The molecule has 3 heteroatoms. The maximum Gasteiger partial charge on any atom is 0.0621 e. The van der Waals surface area contributed by atoms with Crippen LogP contribution >= 0.6 is 0 Å². The minimum Gasteiger partial charge on any atom is -0.380 e. The molecule has 1 fully saturated rings. The molecule has 2 N–H and O–H groups in total. The van der Waals surface area contributed by atoms with E-state index in [0.29, 0.717) is 12.1 Å². The van der Waals surface area contributed by atoms with Crippen molar-refractivity contribution < 1.29 is 4.74 Å². The first-order valence-electron chi connectivity index (χ1n) is 6.37. The zero-order chi connectivity index (χ0) is 11.1. The van der Waals surface area contributed by atoms with Crippen molar-refractivity contribution in [2.24, 2.45) is 5.73 Å². The molecule has 0 radical (unpaired) electrons. The van der Waals surface area contributed by atoms with Crippen molar-refractivity contribution in [3.05, 3.63) is 0 Å². The van der Waals surface area contributed by atoms with Crippen LogP contribution < -0.4 is 5.73 Å². The first-order valence-corrected chi connectivity index (χ1v) is 6.37. The molecule has 1 heterocycles. The molecule has 1 aliphatic heterocycles. The number of ether oxygens (including phenoxy) is 1. The van der Waals surface area contributed by atoms with Gasteiger partial charge in [-0.15, -0.1) is 0 Å². The molecule has 1 rings (SSSR count). The third-order valence-corrected chi connectivity index (χ3v) is 3.40. The van der Waals surface area contributed by atoms with Gasteiger partial charge in [0.15, 0.2) is 0 Å². The standard InChI is InChI=1S/C12H26N2O/c1-3-11(4-2)14(8-7-13)12-6-5-9-15-10-12/h11-12H,3-10,13H2,1-2H3. The van der Waals surface area contributed by atoms with E-state index in [1.807, 2.05) is 0 Å². The Kier molecular flexibility index (Phi) is 6.22. The van der Waals surface area contributed by atoms with Gasteiger partial charge in [-0.05, 0) is 25.7 Å². The Morgan fingerprint density at radius 2 is 2.13 bits per heavy atom. The van der Waals surface area contributed by atoms with E-state index in [4.69, 9.17) is 10.5 Å². The Morgan fingerprint density at radius 1 is 1.40 bits per heavy atom. The summed E-state index contributed by atoms with van der Waals surface area (Å²) in [5.74, 6) is 0. The zero-order valence-corrected chi connectivity index (χ0v) is 10.2. The number of rotatable bonds is 6. The van der Waals surface area contributed by atoms with Gasteiger partial charge in [-0.25, -0.2) is 0 Å². The van der Waals surface area contributed by atoms with Gasteiger partial charge in [0.25, 0.3) is 0 Å². The monoisotopic (exact) mass is 214 g/mol. The van der Waals surface area contributed by atoms with Crippen LogP contribution in [0.2, 0.25) is 0 Å². The molecule has 0 aromatic heterocycles. The van der Waals surface area contributed by atoms with Gasteiger partial charge in [0.2, 0.25) is 0 Å². The number of hydrogen-bond donors (Lipinski definition) is 1. The molecule has 1 saturated heterocycles. The highest BCUT2D eigenvalue weighted by atomic mass is 16.5. The molecule has 15 heavy (non-hydrogen) atoms. The first-order chi connectivity index (χ1) is 7.33. The average Bonchev–Trinajstić information content (AvgIpc) is 2.30. The van der Waals surface area contributed by atoms with Gasteiger partial charge in [-0.1, -0.05) is 13.8 Å². The van der Waals surface area contributed by atoms with E-state index in [0.717, 1.165) is 26.3 Å². The Bertz CT molecular complexity index is 154. The summed E-state index contributed by atoms with van der Waals surface area (Å²) in [4.78, 5) is 2.57. The van der Waals surface area contributed by atoms with Crippen molar-refractivity contribution >= 4 is 0 Å². The predicted molar refractivity (Wildman–Crippen MR) is 64.0 cm³/mol. The third kappa shape index (κ3) is 3.74. The third-order valence-electron chi connectivity index (χ3n) is 3.40. The average molecular weight is 214 g/mol. The molecule has 1 aliphatic rings. The molecule has 0 amide bonds. The number of nitrogens with zero attached hydrogens (tertiary/aromatic N) is 1. The SMILES string of the molecule is CCC(CC)N(CCN)C1CCCOC1. The lowest BCUT2D eigenvalue weighted by Gasteiger charge is -2.39. The largest absolute Gasteiger partial charge is 0.380 e. The number of nitrogens with two attached hydrogens (primary N) is 1. The lowest BCUT2D eigenvalue weighted by Crippen LogP contribution is -2.48. The topological polar surface area (TPSA) is 38.5 Å². The Morgan fingerprint density at radius 3 is 2.60 bits per heavy atom. The molecule has 1 atom stereocenters. The minimum atomic E-state index is 0.604. The van der Waals surface area contributed by atoms with E-state index < -0.39 is 0 Å². The van der Waals surface area contributed by atoms with Gasteiger partial charge < -0.3 is 10.5 Å². The highest BCUT2D eigenvalue weighted by Gasteiger charge is 2.25. The second-order valence-corrected chi connectivity index (χ2v) is 4.37. The molecule has 0 bridgehead atoms. The van der Waals surface area contributed by atoms with E-state index in [9.17, 15) is 0 Å². The van der Waals surface area contributed by atoms with E-state index in [2.05, 4.69) is 18.7 Å². The Hall–Kier alpha value is -0.120. The van der Waals surface area contributed by atoms with E-state index >= 15 is 0 Å². The summed E-state index contributed by atoms with van der Waals surface area (Å²) in [6.45, 7) is 8.14. The summed E-state index contributed by atoms with van der Waals surface area (Å²) < 4.78 is 5.57. The summed E-state index contributed by atoms with van der Waals surface area (Å²) in [5.41, 5.74) is 5.70. The van der Waals surface area contributed by atoms with Gasteiger partial charge >= 0.3 is 0 Å². The van der Waals surface area contributed by atoms with Gasteiger partial charge in [0.1, 0.15) is 0 Å². The van der Waals surface area contributed by atoms with Crippen molar-refractivity contribution in [2.75, 3.05) is 26.3 Å². The molecule has 0 spiro atoms. The molecule has 3 nitrogen and oxygen atoms in total. The summed E-state index contributed by atoms with van der Waals surface area (Å²) in [6.07, 6.45) is 4.91. The highest BCUT2D eigenvalue weighted by molar-refractivity contribution is 4.80. The molecule has 0 aromatic carbocycles. The van der Waals surface area contributed by atoms with Crippen molar-refractivity contribution in [2.45, 2.75) is 51.6 Å². The number of hydrogen-bond acceptors (Lipinski definition) is 3. The van der Waals surface area contributed by atoms with Crippen molar-refractivity contribution in [3.8, 4) is 0 Å². The second-order valence-electron chi connectivity index (χ2n) is 4.37. The van der Waals surface area contributed by atoms with Crippen LogP contribution in [0.4, 0.5) is 0 Å². The lowest BCUT2D eigenvalue weighted by atomic mass is 10.0. The predicted octanol–water partition coefficient (Wildman–Crippen LogP) is 1.61. The molecule has 0 aliphatic carbocycles. The molecule has 0 saturated carbocycles. The quantitative estimate of drug-likeness (QED) is 0.730. The summed E-state index contributed by atoms with van der Waals surface area (Å²) in [6, 6.07) is 1.28. The maximum atomic E-state index is 5.70. The van der Waals surface area contributed by atoms with Crippen LogP contribution in [-0.4, -0.2) is 43.3 Å². The fourth-order valence-electron chi connectivity index (χ4n) is 2.56. The van der Waals surface area contributed by atoms with Crippen LogP contribution in [0.25, 0.3) is 0 Å². The van der Waals surface area contributed by atoms with Crippen LogP contribution in [-0.2, 0) is 4.74 Å². The van der Waals surface area contributed by atoms with Gasteiger partial charge in [-0.3, -0.25) is 4.90 Å². The minimum absolute atomic E-state index is 0.604. The summed E-state index contributed by atoms with van der Waals surface area (Å²) >= 11 is 0. The van der Waals surface area contributed by atoms with Crippen molar-refractivity contribution in [3.63, 3.8) is 0 Å². The van der Waals surface area contributed by atoms with Crippen molar-refractivity contribution in [1.29, 1.82) is 0 Å². The van der Waals surface area contributed by atoms with E-state index in [1.54, 1.807) is 0 Å². The van der Waals surface area contributed by atoms with Gasteiger partial charge in [-0.2, -0.15) is 0 Å². The van der Waals surface area contributed by atoms with Gasteiger partial charge in [0, 0.05) is 31.8 Å². The normalized spacial score (nSPS) is 22.6. The zero-order valence-electron chi connectivity index (χ0n) is 10.2. The summed E-state index contributed by atoms with van der Waals surface area (Å²) in [7, 11) is 0. The van der Waals surface area contributed by atoms with Crippen LogP contribution in [0.15, 0.2) is 0 Å². The molecule has 1 unspecified atom stereocenters. The Balaban J connectivity index is 2.53. The Labute approximate surface area is 94.0 Å². The summed E-state index contributed by atoms with van der Waals surface area (Å²) in [5, 5.41) is 0. The molecular formula is C12H26N2O. The van der Waals surface area contributed by atoms with Gasteiger partial charge in [0.05, 0.1) is 6.61 Å². The van der Waals surface area contributed by atoms with Crippen LogP contribution in [0.5, 0.6) is 0 Å². The van der Waals surface area contributed by atoms with E-state index in [1.165, 1.54) is 25.7 Å². The van der Waals surface area contributed by atoms with Crippen LogP contribution in [0.3, 0.4) is 0 Å². The first kappa shape index (κ1) is 12.9. The van der Waals surface area contributed by atoms with Crippen molar-refractivity contribution in [1.82, 2.24) is 4.90 Å². The second kappa shape index (κ2) is 7.20. The van der Waals surface area contributed by atoms with Crippen LogP contribution in [0, 0.1) is 0 Å². The molecule has 90 valence electrons. The highest BCUT2D eigenvalue weighted by Crippen LogP contribution is 2.19. The molecular weight excluding hydrogens is 188 g/mol. The fraction of sp³-hybridized carbons (Fsp3) is 1.00.